The highest BCUT2D eigenvalue weighted by Gasteiger charge is 1.99. The number of carbonyl (C=O) groups is 1. The maximum absolute atomic E-state index is 11.0. The SMILES string of the molecule is CCCCCCCCOC(=O)CCC.N. The molecule has 3 N–H and O–H groups in total. The second-order valence-electron chi connectivity index (χ2n) is 3.74. The fraction of sp³-hybridized carbons (Fsp3) is 0.917. The maximum Gasteiger partial charge on any atom is 0.305 e. The van der Waals surface area contributed by atoms with Gasteiger partial charge in [0.1, 0.15) is 0 Å². The van der Waals surface area contributed by atoms with Gasteiger partial charge in [0.2, 0.25) is 0 Å². The summed E-state index contributed by atoms with van der Waals surface area (Å²) >= 11 is 0. The van der Waals surface area contributed by atoms with Crippen LogP contribution in [0.25, 0.3) is 0 Å². The molecule has 0 aliphatic carbocycles. The summed E-state index contributed by atoms with van der Waals surface area (Å²) in [5.41, 5.74) is 0. The average Bonchev–Trinajstić information content (AvgIpc) is 2.17. The molecule has 3 heteroatoms. The molecule has 0 rings (SSSR count). The van der Waals surface area contributed by atoms with Gasteiger partial charge in [-0.3, -0.25) is 4.79 Å². The quantitative estimate of drug-likeness (QED) is 0.471. The summed E-state index contributed by atoms with van der Waals surface area (Å²) < 4.78 is 5.05. The van der Waals surface area contributed by atoms with Gasteiger partial charge in [-0.2, -0.15) is 0 Å². The predicted molar refractivity (Wildman–Crippen MR) is 64.3 cm³/mol. The van der Waals surface area contributed by atoms with Crippen molar-refractivity contribution < 1.29 is 9.53 Å². The number of rotatable bonds is 9. The molecular weight excluding hydrogens is 190 g/mol. The molecule has 0 radical (unpaired) electrons. The van der Waals surface area contributed by atoms with Gasteiger partial charge in [0.15, 0.2) is 0 Å². The number of esters is 1. The number of hydrogen-bond donors (Lipinski definition) is 1. The third-order valence-electron chi connectivity index (χ3n) is 2.22. The monoisotopic (exact) mass is 217 g/mol. The molecule has 0 unspecified atom stereocenters. The summed E-state index contributed by atoms with van der Waals surface area (Å²) in [4.78, 5) is 11.0. The van der Waals surface area contributed by atoms with Crippen LogP contribution in [-0.4, -0.2) is 12.6 Å². The number of ether oxygens (including phenoxy) is 1. The molecule has 0 bridgehead atoms. The lowest BCUT2D eigenvalue weighted by molar-refractivity contribution is -0.143. The largest absolute Gasteiger partial charge is 0.466 e. The van der Waals surface area contributed by atoms with E-state index in [4.69, 9.17) is 4.74 Å². The zero-order chi connectivity index (χ0) is 10.6. The Balaban J connectivity index is 0. The van der Waals surface area contributed by atoms with Crippen LogP contribution in [0.3, 0.4) is 0 Å². The maximum atomic E-state index is 11.0. The van der Waals surface area contributed by atoms with E-state index in [0.29, 0.717) is 13.0 Å². The standard InChI is InChI=1S/C12H24O2.H3N/c1-3-5-6-7-8-9-11-14-12(13)10-4-2;/h3-11H2,1-2H3;1H3. The highest BCUT2D eigenvalue weighted by atomic mass is 16.5. The Morgan fingerprint density at radius 3 is 2.13 bits per heavy atom. The molecule has 92 valence electrons. The first kappa shape index (κ1) is 16.8. The number of unbranched alkanes of at least 4 members (excludes halogenated alkanes) is 5. The first-order valence-electron chi connectivity index (χ1n) is 5.96. The molecule has 0 saturated heterocycles. The summed E-state index contributed by atoms with van der Waals surface area (Å²) in [5.74, 6) is -0.0407. The molecule has 0 aromatic carbocycles. The van der Waals surface area contributed by atoms with Gasteiger partial charge in [0, 0.05) is 6.42 Å². The molecule has 0 heterocycles. The van der Waals surface area contributed by atoms with Gasteiger partial charge in [-0.1, -0.05) is 46.0 Å². The van der Waals surface area contributed by atoms with E-state index >= 15 is 0 Å². The van der Waals surface area contributed by atoms with Crippen molar-refractivity contribution in [3.05, 3.63) is 0 Å². The van der Waals surface area contributed by atoms with Crippen LogP contribution in [0.1, 0.15) is 65.2 Å². The van der Waals surface area contributed by atoms with Crippen molar-refractivity contribution in [1.29, 1.82) is 0 Å². The fourth-order valence-electron chi connectivity index (χ4n) is 1.34. The minimum Gasteiger partial charge on any atom is -0.466 e. The smallest absolute Gasteiger partial charge is 0.305 e. The predicted octanol–water partition coefficient (Wildman–Crippen LogP) is 3.85. The Morgan fingerprint density at radius 1 is 0.933 bits per heavy atom. The van der Waals surface area contributed by atoms with Crippen molar-refractivity contribution in [3.63, 3.8) is 0 Å². The molecule has 0 fully saturated rings. The van der Waals surface area contributed by atoms with Crippen LogP contribution < -0.4 is 6.15 Å². The third-order valence-corrected chi connectivity index (χ3v) is 2.22. The molecule has 0 aromatic rings. The second kappa shape index (κ2) is 13.4. The first-order chi connectivity index (χ1) is 6.81. The summed E-state index contributed by atoms with van der Waals surface area (Å²) in [5, 5.41) is 0. The molecule has 0 atom stereocenters. The van der Waals surface area contributed by atoms with Gasteiger partial charge in [-0.15, -0.1) is 0 Å². The highest BCUT2D eigenvalue weighted by Crippen LogP contribution is 2.05. The van der Waals surface area contributed by atoms with Crippen molar-refractivity contribution in [2.75, 3.05) is 6.61 Å². The Kier molecular flexibility index (Phi) is 15.1. The average molecular weight is 217 g/mol. The van der Waals surface area contributed by atoms with Gasteiger partial charge < -0.3 is 10.9 Å². The summed E-state index contributed by atoms with van der Waals surface area (Å²) in [7, 11) is 0. The lowest BCUT2D eigenvalue weighted by atomic mass is 10.1. The van der Waals surface area contributed by atoms with E-state index in [1.54, 1.807) is 0 Å². The summed E-state index contributed by atoms with van der Waals surface area (Å²) in [6.07, 6.45) is 8.88. The fourth-order valence-corrected chi connectivity index (χ4v) is 1.34. The lowest BCUT2D eigenvalue weighted by Crippen LogP contribution is -2.04. The lowest BCUT2D eigenvalue weighted by Gasteiger charge is -2.03. The zero-order valence-corrected chi connectivity index (χ0v) is 10.4. The Hall–Kier alpha value is -0.570. The minimum absolute atomic E-state index is 0. The molecule has 0 saturated carbocycles. The summed E-state index contributed by atoms with van der Waals surface area (Å²) in [6.45, 7) is 4.82. The van der Waals surface area contributed by atoms with Crippen LogP contribution >= 0.6 is 0 Å². The Bertz CT molecular complexity index is 138. The topological polar surface area (TPSA) is 61.3 Å². The van der Waals surface area contributed by atoms with E-state index in [9.17, 15) is 4.79 Å². The molecule has 15 heavy (non-hydrogen) atoms. The molecular formula is C12H27NO2. The van der Waals surface area contributed by atoms with E-state index in [2.05, 4.69) is 6.92 Å². The van der Waals surface area contributed by atoms with Crippen molar-refractivity contribution in [2.24, 2.45) is 0 Å². The van der Waals surface area contributed by atoms with Gasteiger partial charge in [0.05, 0.1) is 6.61 Å². The normalized spacial score (nSPS) is 9.47. The van der Waals surface area contributed by atoms with Crippen LogP contribution in [0.2, 0.25) is 0 Å². The van der Waals surface area contributed by atoms with Crippen LogP contribution in [-0.2, 0) is 9.53 Å². The molecule has 0 aliphatic rings. The molecule has 3 nitrogen and oxygen atoms in total. The third kappa shape index (κ3) is 13.4. The van der Waals surface area contributed by atoms with Crippen LogP contribution in [0.5, 0.6) is 0 Å². The number of hydrogen-bond acceptors (Lipinski definition) is 3. The molecule has 0 amide bonds. The summed E-state index contributed by atoms with van der Waals surface area (Å²) in [6, 6.07) is 0. The van der Waals surface area contributed by atoms with E-state index in [1.807, 2.05) is 6.92 Å². The van der Waals surface area contributed by atoms with Gasteiger partial charge in [-0.05, 0) is 12.8 Å². The van der Waals surface area contributed by atoms with E-state index in [0.717, 1.165) is 12.8 Å². The van der Waals surface area contributed by atoms with Crippen molar-refractivity contribution in [2.45, 2.75) is 65.2 Å². The van der Waals surface area contributed by atoms with E-state index < -0.39 is 0 Å². The molecule has 0 spiro atoms. The van der Waals surface area contributed by atoms with Crippen LogP contribution in [0, 0.1) is 0 Å². The van der Waals surface area contributed by atoms with E-state index in [-0.39, 0.29) is 12.1 Å². The van der Waals surface area contributed by atoms with Crippen molar-refractivity contribution in [3.8, 4) is 0 Å². The Labute approximate surface area is 94.2 Å². The van der Waals surface area contributed by atoms with Gasteiger partial charge in [0.25, 0.3) is 0 Å². The van der Waals surface area contributed by atoms with Gasteiger partial charge >= 0.3 is 5.97 Å². The molecule has 0 aromatic heterocycles. The van der Waals surface area contributed by atoms with Crippen molar-refractivity contribution in [1.82, 2.24) is 6.15 Å². The van der Waals surface area contributed by atoms with Crippen LogP contribution in [0.15, 0.2) is 0 Å². The Morgan fingerprint density at radius 2 is 1.53 bits per heavy atom. The highest BCUT2D eigenvalue weighted by molar-refractivity contribution is 5.69. The minimum atomic E-state index is -0.0407. The van der Waals surface area contributed by atoms with Crippen LogP contribution in [0.4, 0.5) is 0 Å². The first-order valence-corrected chi connectivity index (χ1v) is 5.96. The van der Waals surface area contributed by atoms with Crippen molar-refractivity contribution >= 4 is 5.97 Å². The molecule has 0 aliphatic heterocycles. The zero-order valence-electron chi connectivity index (χ0n) is 10.4. The number of carbonyl (C=O) groups excluding carboxylic acids is 1. The second-order valence-corrected chi connectivity index (χ2v) is 3.74. The van der Waals surface area contributed by atoms with Gasteiger partial charge in [-0.25, -0.2) is 0 Å². The van der Waals surface area contributed by atoms with E-state index in [1.165, 1.54) is 32.1 Å².